The quantitative estimate of drug-likeness (QED) is 0.400. The third kappa shape index (κ3) is 9.08. The van der Waals surface area contributed by atoms with Crippen molar-refractivity contribution in [2.45, 2.75) is 32.8 Å². The third-order valence-corrected chi connectivity index (χ3v) is 1.21. The van der Waals surface area contributed by atoms with Gasteiger partial charge in [0.2, 0.25) is 0 Å². The molecule has 76 valence electrons. The van der Waals surface area contributed by atoms with E-state index < -0.39 is 0 Å². The van der Waals surface area contributed by atoms with Crippen molar-refractivity contribution in [1.29, 1.82) is 0 Å². The maximum absolute atomic E-state index is 11.1. The molecular formula is C10H19NO2. The van der Waals surface area contributed by atoms with Crippen LogP contribution >= 0.6 is 0 Å². The number of carbonyl (C=O) groups is 1. The van der Waals surface area contributed by atoms with Crippen molar-refractivity contribution < 1.29 is 9.53 Å². The van der Waals surface area contributed by atoms with E-state index in [2.05, 4.69) is 11.9 Å². The smallest absolute Gasteiger partial charge is 0.307 e. The minimum atomic E-state index is -0.379. The van der Waals surface area contributed by atoms with E-state index in [9.17, 15) is 4.79 Å². The number of hydrogen-bond donors (Lipinski definition) is 1. The molecule has 0 aliphatic carbocycles. The Morgan fingerprint density at radius 3 is 2.62 bits per heavy atom. The topological polar surface area (TPSA) is 38.3 Å². The largest absolute Gasteiger partial charge is 0.460 e. The van der Waals surface area contributed by atoms with Crippen molar-refractivity contribution in [3.63, 3.8) is 0 Å². The Bertz CT molecular complexity index is 170. The second-order valence-electron chi connectivity index (χ2n) is 3.83. The summed E-state index contributed by atoms with van der Waals surface area (Å²) in [6.07, 6.45) is 2.17. The summed E-state index contributed by atoms with van der Waals surface area (Å²) < 4.78 is 5.11. The molecule has 0 aliphatic rings. The monoisotopic (exact) mass is 185 g/mol. The van der Waals surface area contributed by atoms with E-state index in [1.54, 1.807) is 6.08 Å². The standard InChI is InChI=1S/C10H19NO2/c1-5-7-11-8-6-9(12)13-10(2,3)4/h5,11H,1,6-8H2,2-4H3. The molecule has 0 aliphatic heterocycles. The summed E-state index contributed by atoms with van der Waals surface area (Å²) in [5.41, 5.74) is -0.379. The molecule has 0 aromatic rings. The van der Waals surface area contributed by atoms with Crippen molar-refractivity contribution >= 4 is 5.97 Å². The van der Waals surface area contributed by atoms with E-state index in [0.29, 0.717) is 13.0 Å². The number of rotatable bonds is 5. The van der Waals surface area contributed by atoms with Crippen molar-refractivity contribution in [1.82, 2.24) is 5.32 Å². The number of esters is 1. The van der Waals surface area contributed by atoms with Gasteiger partial charge in [-0.05, 0) is 20.8 Å². The van der Waals surface area contributed by atoms with Crippen LogP contribution in [0.1, 0.15) is 27.2 Å². The minimum Gasteiger partial charge on any atom is -0.460 e. The number of carbonyl (C=O) groups excluding carboxylic acids is 1. The summed E-state index contributed by atoms with van der Waals surface area (Å²) >= 11 is 0. The lowest BCUT2D eigenvalue weighted by Gasteiger charge is -2.19. The van der Waals surface area contributed by atoms with Gasteiger partial charge in [-0.2, -0.15) is 0 Å². The molecule has 0 heterocycles. The molecule has 0 fully saturated rings. The maximum atomic E-state index is 11.1. The zero-order valence-corrected chi connectivity index (χ0v) is 8.72. The number of ether oxygens (including phenoxy) is 1. The molecule has 0 saturated heterocycles. The fourth-order valence-electron chi connectivity index (χ4n) is 0.787. The van der Waals surface area contributed by atoms with Crippen LogP contribution in [0.4, 0.5) is 0 Å². The van der Waals surface area contributed by atoms with Crippen molar-refractivity contribution in [2.75, 3.05) is 13.1 Å². The highest BCUT2D eigenvalue weighted by atomic mass is 16.6. The average molecular weight is 185 g/mol. The van der Waals surface area contributed by atoms with Gasteiger partial charge in [-0.3, -0.25) is 4.79 Å². The first kappa shape index (κ1) is 12.2. The van der Waals surface area contributed by atoms with Crippen molar-refractivity contribution in [3.05, 3.63) is 12.7 Å². The van der Waals surface area contributed by atoms with Crippen LogP contribution in [0.25, 0.3) is 0 Å². The first-order valence-electron chi connectivity index (χ1n) is 4.49. The third-order valence-electron chi connectivity index (χ3n) is 1.21. The zero-order chi connectivity index (χ0) is 10.3. The molecule has 3 nitrogen and oxygen atoms in total. The van der Waals surface area contributed by atoms with Gasteiger partial charge in [-0.25, -0.2) is 0 Å². The van der Waals surface area contributed by atoms with E-state index in [4.69, 9.17) is 4.74 Å². The molecule has 0 unspecified atom stereocenters. The van der Waals surface area contributed by atoms with E-state index in [1.165, 1.54) is 0 Å². The van der Waals surface area contributed by atoms with Crippen LogP contribution < -0.4 is 5.32 Å². The van der Waals surface area contributed by atoms with E-state index in [1.807, 2.05) is 20.8 Å². The summed E-state index contributed by atoms with van der Waals surface area (Å²) in [6, 6.07) is 0. The van der Waals surface area contributed by atoms with Crippen LogP contribution in [-0.4, -0.2) is 24.7 Å². The minimum absolute atomic E-state index is 0.163. The predicted octanol–water partition coefficient (Wildman–Crippen LogP) is 1.49. The van der Waals surface area contributed by atoms with Gasteiger partial charge >= 0.3 is 5.97 Å². The molecule has 1 N–H and O–H groups in total. The predicted molar refractivity (Wildman–Crippen MR) is 53.5 cm³/mol. The SMILES string of the molecule is C=CCNCCC(=O)OC(C)(C)C. The summed E-state index contributed by atoms with van der Waals surface area (Å²) in [5, 5.41) is 3.03. The zero-order valence-electron chi connectivity index (χ0n) is 8.72. The van der Waals surface area contributed by atoms with Gasteiger partial charge in [0.1, 0.15) is 5.60 Å². The van der Waals surface area contributed by atoms with Gasteiger partial charge in [0, 0.05) is 13.1 Å². The van der Waals surface area contributed by atoms with Crippen LogP contribution in [-0.2, 0) is 9.53 Å². The molecule has 3 heteroatoms. The van der Waals surface area contributed by atoms with Gasteiger partial charge < -0.3 is 10.1 Å². The number of hydrogen-bond acceptors (Lipinski definition) is 3. The van der Waals surface area contributed by atoms with Crippen LogP contribution in [0.5, 0.6) is 0 Å². The highest BCUT2D eigenvalue weighted by molar-refractivity contribution is 5.70. The molecule has 0 rings (SSSR count). The van der Waals surface area contributed by atoms with Gasteiger partial charge in [0.25, 0.3) is 0 Å². The van der Waals surface area contributed by atoms with Gasteiger partial charge in [-0.15, -0.1) is 6.58 Å². The first-order chi connectivity index (χ1) is 5.95. The normalized spacial score (nSPS) is 11.0. The van der Waals surface area contributed by atoms with Gasteiger partial charge in [0.15, 0.2) is 0 Å². The van der Waals surface area contributed by atoms with E-state index >= 15 is 0 Å². The summed E-state index contributed by atoms with van der Waals surface area (Å²) in [6.45, 7) is 10.5. The van der Waals surface area contributed by atoms with Gasteiger partial charge in [0.05, 0.1) is 6.42 Å². The second-order valence-corrected chi connectivity index (χ2v) is 3.83. The molecule has 0 amide bonds. The van der Waals surface area contributed by atoms with Crippen LogP contribution in [0.3, 0.4) is 0 Å². The molecular weight excluding hydrogens is 166 g/mol. The molecule has 13 heavy (non-hydrogen) atoms. The molecule has 0 aromatic carbocycles. The lowest BCUT2D eigenvalue weighted by molar-refractivity contribution is -0.154. The fourth-order valence-corrected chi connectivity index (χ4v) is 0.787. The van der Waals surface area contributed by atoms with Crippen LogP contribution in [0, 0.1) is 0 Å². The average Bonchev–Trinajstić information content (AvgIpc) is 1.94. The lowest BCUT2D eigenvalue weighted by atomic mass is 10.2. The first-order valence-corrected chi connectivity index (χ1v) is 4.49. The fraction of sp³-hybridized carbons (Fsp3) is 0.700. The lowest BCUT2D eigenvalue weighted by Crippen LogP contribution is -2.26. The highest BCUT2D eigenvalue weighted by Crippen LogP contribution is 2.07. The Morgan fingerprint density at radius 2 is 2.15 bits per heavy atom. The van der Waals surface area contributed by atoms with E-state index in [0.717, 1.165) is 6.54 Å². The van der Waals surface area contributed by atoms with Crippen LogP contribution in [0.15, 0.2) is 12.7 Å². The Labute approximate surface area is 80.2 Å². The van der Waals surface area contributed by atoms with Crippen LogP contribution in [0.2, 0.25) is 0 Å². The Balaban J connectivity index is 3.47. The summed E-state index contributed by atoms with van der Waals surface area (Å²) in [5.74, 6) is -0.163. The Kier molecular flexibility index (Phi) is 5.39. The highest BCUT2D eigenvalue weighted by Gasteiger charge is 2.15. The maximum Gasteiger partial charge on any atom is 0.307 e. The summed E-state index contributed by atoms with van der Waals surface area (Å²) in [4.78, 5) is 11.1. The second kappa shape index (κ2) is 5.75. The molecule has 0 aromatic heterocycles. The van der Waals surface area contributed by atoms with Crippen molar-refractivity contribution in [3.8, 4) is 0 Å². The molecule has 0 radical (unpaired) electrons. The Hall–Kier alpha value is -0.830. The summed E-state index contributed by atoms with van der Waals surface area (Å²) in [7, 11) is 0. The molecule has 0 spiro atoms. The van der Waals surface area contributed by atoms with Gasteiger partial charge in [-0.1, -0.05) is 6.08 Å². The van der Waals surface area contributed by atoms with E-state index in [-0.39, 0.29) is 11.6 Å². The molecule has 0 saturated carbocycles. The molecule has 0 bridgehead atoms. The Morgan fingerprint density at radius 1 is 1.54 bits per heavy atom. The van der Waals surface area contributed by atoms with Crippen molar-refractivity contribution in [2.24, 2.45) is 0 Å². The number of nitrogens with one attached hydrogen (secondary N) is 1. The molecule has 0 atom stereocenters.